The van der Waals surface area contributed by atoms with Gasteiger partial charge < -0.3 is 25.8 Å². The third kappa shape index (κ3) is 2.23. The normalized spacial score (nSPS) is 29.2. The fourth-order valence-electron chi connectivity index (χ4n) is 4.22. The zero-order valence-corrected chi connectivity index (χ0v) is 13.9. The van der Waals surface area contributed by atoms with Crippen molar-refractivity contribution in [3.63, 3.8) is 0 Å². The van der Waals surface area contributed by atoms with Crippen LogP contribution in [0, 0.1) is 0 Å². The monoisotopic (exact) mass is 354 g/mol. The summed E-state index contributed by atoms with van der Waals surface area (Å²) in [5.74, 6) is -0.269. The quantitative estimate of drug-likeness (QED) is 0.606. The Labute approximate surface area is 148 Å². The van der Waals surface area contributed by atoms with Gasteiger partial charge in [0.05, 0.1) is 22.1 Å². The van der Waals surface area contributed by atoms with Crippen LogP contribution < -0.4 is 16.0 Å². The highest BCUT2D eigenvalue weighted by Gasteiger charge is 2.58. The molecule has 2 aromatic heterocycles. The van der Waals surface area contributed by atoms with Gasteiger partial charge in [-0.2, -0.15) is 0 Å². The van der Waals surface area contributed by atoms with Crippen LogP contribution in [0.3, 0.4) is 0 Å². The number of hydrogen-bond donors (Lipinski definition) is 4. The van der Waals surface area contributed by atoms with E-state index in [-0.39, 0.29) is 29.4 Å². The molecular formula is C17H18N6O3. The lowest BCUT2D eigenvalue weighted by molar-refractivity contribution is -0.132. The summed E-state index contributed by atoms with van der Waals surface area (Å²) < 4.78 is 0. The van der Waals surface area contributed by atoms with E-state index < -0.39 is 6.04 Å². The number of nitrogens with one attached hydrogen (secondary N) is 4. The van der Waals surface area contributed by atoms with E-state index in [1.165, 1.54) is 0 Å². The van der Waals surface area contributed by atoms with Gasteiger partial charge in [0, 0.05) is 31.5 Å². The van der Waals surface area contributed by atoms with Gasteiger partial charge in [-0.05, 0) is 25.0 Å². The molecule has 3 aliphatic heterocycles. The van der Waals surface area contributed by atoms with E-state index >= 15 is 0 Å². The van der Waals surface area contributed by atoms with E-state index in [1.807, 2.05) is 6.07 Å². The summed E-state index contributed by atoms with van der Waals surface area (Å²) in [5, 5.41) is 8.31. The van der Waals surface area contributed by atoms with Crippen molar-refractivity contribution in [2.75, 3.05) is 13.1 Å². The Morgan fingerprint density at radius 3 is 2.96 bits per heavy atom. The average molecular weight is 354 g/mol. The second-order valence-corrected chi connectivity index (χ2v) is 7.30. The van der Waals surface area contributed by atoms with Gasteiger partial charge in [-0.1, -0.05) is 0 Å². The number of aromatic amines is 1. The highest BCUT2D eigenvalue weighted by Crippen LogP contribution is 2.45. The van der Waals surface area contributed by atoms with Crippen molar-refractivity contribution < 1.29 is 14.4 Å². The fraction of sp³-hybridized carbons (Fsp3) is 0.412. The number of H-pyrrole nitrogens is 1. The lowest BCUT2D eigenvalue weighted by Gasteiger charge is -2.37. The smallest absolute Gasteiger partial charge is 0.315 e. The molecule has 4 fully saturated rings. The van der Waals surface area contributed by atoms with Gasteiger partial charge in [0.15, 0.2) is 0 Å². The van der Waals surface area contributed by atoms with Crippen LogP contribution in [0.5, 0.6) is 0 Å². The Kier molecular flexibility index (Phi) is 3.03. The summed E-state index contributed by atoms with van der Waals surface area (Å²) in [5.41, 5.74) is 1.75. The first-order valence-electron chi connectivity index (χ1n) is 8.64. The van der Waals surface area contributed by atoms with E-state index in [2.05, 4.69) is 25.9 Å². The second-order valence-electron chi connectivity index (χ2n) is 7.30. The van der Waals surface area contributed by atoms with Crippen molar-refractivity contribution in [1.82, 2.24) is 30.8 Å². The molecule has 1 saturated carbocycles. The van der Waals surface area contributed by atoms with Gasteiger partial charge in [-0.15, -0.1) is 0 Å². The standard InChI is InChI=1S/C17H18N6O3/c24-14(9-3-12-11(19-6-9)1-2-18-12)22-17-4-10(5-17)23(8-17)15(25)13-7-20-16(26)21-13/h1-3,6,10,13,18H,4-5,7-8H2,(H,22,24)(H2,20,21,26)/t10?,13-,17?/m1/s1. The summed E-state index contributed by atoms with van der Waals surface area (Å²) in [7, 11) is 0. The summed E-state index contributed by atoms with van der Waals surface area (Å²) >= 11 is 0. The first kappa shape index (κ1) is 15.2. The largest absolute Gasteiger partial charge is 0.360 e. The topological polar surface area (TPSA) is 119 Å². The zero-order chi connectivity index (χ0) is 17.9. The predicted octanol–water partition coefficient (Wildman–Crippen LogP) is -0.282. The number of rotatable bonds is 3. The number of pyridine rings is 1. The minimum atomic E-state index is -0.519. The van der Waals surface area contributed by atoms with E-state index in [1.54, 1.807) is 23.4 Å². The number of carbonyl (C=O) groups is 3. The van der Waals surface area contributed by atoms with Crippen molar-refractivity contribution in [2.45, 2.75) is 30.5 Å². The van der Waals surface area contributed by atoms with Gasteiger partial charge in [-0.25, -0.2) is 4.79 Å². The molecule has 0 aromatic carbocycles. The minimum absolute atomic E-state index is 0.0866. The third-order valence-electron chi connectivity index (χ3n) is 5.56. The maximum atomic E-state index is 12.6. The number of nitrogens with zero attached hydrogens (tertiary/aromatic N) is 2. The summed E-state index contributed by atoms with van der Waals surface area (Å²) in [6.07, 6.45) is 4.84. The Morgan fingerprint density at radius 2 is 2.19 bits per heavy atom. The highest BCUT2D eigenvalue weighted by molar-refractivity contribution is 5.97. The van der Waals surface area contributed by atoms with Crippen molar-refractivity contribution >= 4 is 28.9 Å². The molecule has 9 heteroatoms. The molecule has 4 amide bonds. The molecule has 0 unspecified atom stereocenters. The molecule has 2 aromatic rings. The molecule has 6 rings (SSSR count). The molecule has 0 radical (unpaired) electrons. The van der Waals surface area contributed by atoms with Crippen LogP contribution in [0.4, 0.5) is 4.79 Å². The first-order valence-corrected chi connectivity index (χ1v) is 8.64. The van der Waals surface area contributed by atoms with Gasteiger partial charge in [0.2, 0.25) is 5.91 Å². The van der Waals surface area contributed by atoms with Crippen molar-refractivity contribution in [2.24, 2.45) is 0 Å². The van der Waals surface area contributed by atoms with Crippen LogP contribution in [0.2, 0.25) is 0 Å². The maximum Gasteiger partial charge on any atom is 0.315 e. The molecule has 134 valence electrons. The van der Waals surface area contributed by atoms with Crippen LogP contribution in [-0.2, 0) is 4.79 Å². The lowest BCUT2D eigenvalue weighted by Crippen LogP contribution is -2.55. The van der Waals surface area contributed by atoms with Crippen LogP contribution in [-0.4, -0.2) is 63.4 Å². The molecule has 4 N–H and O–H groups in total. The highest BCUT2D eigenvalue weighted by atomic mass is 16.2. The molecule has 2 bridgehead atoms. The van der Waals surface area contributed by atoms with Gasteiger partial charge in [0.1, 0.15) is 6.04 Å². The minimum Gasteiger partial charge on any atom is -0.360 e. The van der Waals surface area contributed by atoms with E-state index in [0.717, 1.165) is 23.9 Å². The average Bonchev–Trinajstić information content (AvgIpc) is 3.35. The van der Waals surface area contributed by atoms with E-state index in [9.17, 15) is 14.4 Å². The third-order valence-corrected chi connectivity index (χ3v) is 5.56. The second kappa shape index (κ2) is 5.20. The number of amides is 4. The number of hydrogen-bond acceptors (Lipinski definition) is 4. The number of urea groups is 1. The van der Waals surface area contributed by atoms with Crippen LogP contribution in [0.1, 0.15) is 23.2 Å². The number of aromatic nitrogens is 2. The number of fused-ring (bicyclic) bond motifs is 2. The molecule has 4 aliphatic rings. The van der Waals surface area contributed by atoms with Crippen molar-refractivity contribution in [3.05, 3.63) is 30.1 Å². The van der Waals surface area contributed by atoms with Crippen LogP contribution in [0.15, 0.2) is 24.5 Å². The lowest BCUT2D eigenvalue weighted by atomic mass is 9.78. The fourth-order valence-corrected chi connectivity index (χ4v) is 4.22. The van der Waals surface area contributed by atoms with Gasteiger partial charge in [0.25, 0.3) is 5.91 Å². The Balaban J connectivity index is 1.27. The van der Waals surface area contributed by atoms with Crippen LogP contribution in [0.25, 0.3) is 11.0 Å². The molecular weight excluding hydrogens is 336 g/mol. The summed E-state index contributed by atoms with van der Waals surface area (Å²) in [6.45, 7) is 0.787. The summed E-state index contributed by atoms with van der Waals surface area (Å²) in [4.78, 5) is 45.6. The molecule has 1 aliphatic carbocycles. The molecule has 26 heavy (non-hydrogen) atoms. The van der Waals surface area contributed by atoms with Crippen molar-refractivity contribution in [1.29, 1.82) is 0 Å². The molecule has 5 heterocycles. The Morgan fingerprint density at radius 1 is 1.35 bits per heavy atom. The van der Waals surface area contributed by atoms with E-state index in [4.69, 9.17) is 0 Å². The molecule has 1 atom stereocenters. The van der Waals surface area contributed by atoms with Crippen LogP contribution >= 0.6 is 0 Å². The van der Waals surface area contributed by atoms with Crippen molar-refractivity contribution in [3.8, 4) is 0 Å². The molecule has 3 saturated heterocycles. The predicted molar refractivity (Wildman–Crippen MR) is 91.3 cm³/mol. The van der Waals surface area contributed by atoms with Gasteiger partial charge >= 0.3 is 6.03 Å². The van der Waals surface area contributed by atoms with E-state index in [0.29, 0.717) is 18.7 Å². The first-order chi connectivity index (χ1) is 12.5. The Bertz CT molecular complexity index is 931. The maximum absolute atomic E-state index is 12.6. The number of carbonyl (C=O) groups excluding carboxylic acids is 3. The molecule has 0 spiro atoms. The summed E-state index contributed by atoms with van der Waals surface area (Å²) in [6, 6.07) is 2.93. The molecule has 9 nitrogen and oxygen atoms in total. The van der Waals surface area contributed by atoms with Gasteiger partial charge in [-0.3, -0.25) is 14.6 Å². The Hall–Kier alpha value is -3.10. The SMILES string of the molecule is O=C1NC[C@H](C(=O)N2CC3(NC(=O)c4cnc5cc[nH]c5c4)CC2C3)N1. The zero-order valence-electron chi connectivity index (χ0n) is 13.9.